The number of thioether (sulfide) groups is 1. The second-order valence-electron chi connectivity index (χ2n) is 4.27. The average Bonchev–Trinajstić information content (AvgIpc) is 2.60. The van der Waals surface area contributed by atoms with Gasteiger partial charge in [0, 0.05) is 13.2 Å². The van der Waals surface area contributed by atoms with Crippen molar-refractivity contribution in [1.29, 1.82) is 0 Å². The molecule has 0 bridgehead atoms. The normalized spacial score (nSPS) is 45.7. The highest BCUT2D eigenvalue weighted by Gasteiger charge is 2.41. The van der Waals surface area contributed by atoms with Crippen molar-refractivity contribution in [3.8, 4) is 0 Å². The Morgan fingerprint density at radius 1 is 0.923 bits per heavy atom. The maximum Gasteiger partial charge on any atom is 0.113 e. The zero-order chi connectivity index (χ0) is 9.36. The molecule has 3 heteroatoms. The molecule has 2 nitrogen and oxygen atoms in total. The Morgan fingerprint density at radius 3 is 1.69 bits per heavy atom. The summed E-state index contributed by atoms with van der Waals surface area (Å²) in [5.41, 5.74) is 0. The van der Waals surface area contributed by atoms with E-state index >= 15 is 0 Å². The van der Waals surface area contributed by atoms with Gasteiger partial charge >= 0.3 is 0 Å². The molecule has 0 radical (unpaired) electrons. The van der Waals surface area contributed by atoms with E-state index in [1.807, 2.05) is 11.8 Å². The van der Waals surface area contributed by atoms with E-state index < -0.39 is 0 Å². The minimum atomic E-state index is 0.0130. The fraction of sp³-hybridized carbons (Fsp3) is 1.00. The lowest BCUT2D eigenvalue weighted by molar-refractivity contribution is 0.0703. The fourth-order valence-corrected chi connectivity index (χ4v) is 3.82. The van der Waals surface area contributed by atoms with Crippen LogP contribution in [0.1, 0.15) is 39.5 Å². The van der Waals surface area contributed by atoms with Gasteiger partial charge in [0.25, 0.3) is 0 Å². The molecule has 76 valence electrons. The summed E-state index contributed by atoms with van der Waals surface area (Å²) < 4.78 is 11.5. The number of hydrogen-bond donors (Lipinski definition) is 0. The van der Waals surface area contributed by atoms with Gasteiger partial charge in [-0.05, 0) is 39.5 Å². The first-order chi connectivity index (χ1) is 6.12. The molecular formula is C10H18O2S. The van der Waals surface area contributed by atoms with Crippen molar-refractivity contribution in [3.05, 3.63) is 0 Å². The molecule has 2 rings (SSSR count). The Kier molecular flexibility index (Phi) is 2.60. The predicted molar refractivity (Wildman–Crippen MR) is 54.8 cm³/mol. The topological polar surface area (TPSA) is 18.5 Å². The van der Waals surface area contributed by atoms with Gasteiger partial charge in [0.05, 0.1) is 0 Å². The summed E-state index contributed by atoms with van der Waals surface area (Å²) in [5.74, 6) is 0. The monoisotopic (exact) mass is 202 g/mol. The first kappa shape index (κ1) is 9.81. The van der Waals surface area contributed by atoms with E-state index in [2.05, 4.69) is 13.8 Å². The lowest BCUT2D eigenvalue weighted by atomic mass is 10.2. The van der Waals surface area contributed by atoms with E-state index in [1.54, 1.807) is 0 Å². The van der Waals surface area contributed by atoms with Crippen LogP contribution in [0.25, 0.3) is 0 Å². The second-order valence-corrected chi connectivity index (χ2v) is 6.21. The maximum atomic E-state index is 5.75. The predicted octanol–water partition coefficient (Wildman–Crippen LogP) is 2.77. The van der Waals surface area contributed by atoms with Crippen LogP contribution in [0, 0.1) is 0 Å². The maximum absolute atomic E-state index is 5.75. The van der Waals surface area contributed by atoms with Gasteiger partial charge in [0.15, 0.2) is 0 Å². The van der Waals surface area contributed by atoms with E-state index in [0.29, 0.717) is 0 Å². The fourth-order valence-electron chi connectivity index (χ4n) is 2.12. The molecule has 0 aromatic carbocycles. The zero-order valence-corrected chi connectivity index (χ0v) is 9.28. The highest BCUT2D eigenvalue weighted by Crippen LogP contribution is 2.48. The van der Waals surface area contributed by atoms with Crippen molar-refractivity contribution in [2.75, 3.05) is 13.2 Å². The van der Waals surface area contributed by atoms with Crippen molar-refractivity contribution in [2.24, 2.45) is 0 Å². The number of rotatable bonds is 2. The van der Waals surface area contributed by atoms with Gasteiger partial charge < -0.3 is 9.47 Å². The van der Waals surface area contributed by atoms with Crippen molar-refractivity contribution >= 4 is 11.8 Å². The van der Waals surface area contributed by atoms with Crippen LogP contribution in [-0.4, -0.2) is 23.1 Å². The summed E-state index contributed by atoms with van der Waals surface area (Å²) in [7, 11) is 0. The minimum absolute atomic E-state index is 0.0130. The van der Waals surface area contributed by atoms with Gasteiger partial charge in [-0.15, -0.1) is 0 Å². The number of hydrogen-bond acceptors (Lipinski definition) is 3. The van der Waals surface area contributed by atoms with Crippen LogP contribution in [0.2, 0.25) is 0 Å². The molecular weight excluding hydrogens is 184 g/mol. The molecule has 0 amide bonds. The van der Waals surface area contributed by atoms with Crippen LogP contribution >= 0.6 is 11.8 Å². The van der Waals surface area contributed by atoms with Crippen molar-refractivity contribution < 1.29 is 9.47 Å². The van der Waals surface area contributed by atoms with E-state index in [-0.39, 0.29) is 9.87 Å². The summed E-state index contributed by atoms with van der Waals surface area (Å²) in [5, 5.41) is 0. The molecule has 0 N–H and O–H groups in total. The smallest absolute Gasteiger partial charge is 0.113 e. The Morgan fingerprint density at radius 2 is 1.38 bits per heavy atom. The van der Waals surface area contributed by atoms with E-state index in [1.165, 1.54) is 12.8 Å². The van der Waals surface area contributed by atoms with Crippen LogP contribution in [-0.2, 0) is 9.47 Å². The lowest BCUT2D eigenvalue weighted by Gasteiger charge is -2.32. The Labute approximate surface area is 84.4 Å². The Hall–Kier alpha value is 0.270. The van der Waals surface area contributed by atoms with E-state index in [4.69, 9.17) is 9.47 Å². The van der Waals surface area contributed by atoms with Gasteiger partial charge in [-0.2, -0.15) is 0 Å². The standard InChI is InChI=1S/C10H18O2S/c1-9(5-3-7-11-9)13-10(2)6-4-8-12-10/h3-8H2,1-2H3. The highest BCUT2D eigenvalue weighted by atomic mass is 32.2. The third kappa shape index (κ3) is 2.20. The van der Waals surface area contributed by atoms with Gasteiger partial charge in [0.2, 0.25) is 0 Å². The minimum Gasteiger partial charge on any atom is -0.365 e. The molecule has 0 saturated carbocycles. The molecule has 2 unspecified atom stereocenters. The van der Waals surface area contributed by atoms with Crippen molar-refractivity contribution in [3.63, 3.8) is 0 Å². The quantitative estimate of drug-likeness (QED) is 0.686. The third-order valence-corrected chi connectivity index (χ3v) is 4.30. The number of ether oxygens (including phenoxy) is 2. The van der Waals surface area contributed by atoms with Crippen molar-refractivity contribution in [2.45, 2.75) is 49.4 Å². The second kappa shape index (κ2) is 3.44. The third-order valence-electron chi connectivity index (χ3n) is 2.80. The first-order valence-electron chi connectivity index (χ1n) is 5.10. The summed E-state index contributed by atoms with van der Waals surface area (Å²) in [6, 6.07) is 0. The van der Waals surface area contributed by atoms with Crippen LogP contribution in [0.3, 0.4) is 0 Å². The van der Waals surface area contributed by atoms with E-state index in [0.717, 1.165) is 26.1 Å². The van der Waals surface area contributed by atoms with Gasteiger partial charge in [-0.25, -0.2) is 0 Å². The molecule has 0 spiro atoms. The zero-order valence-electron chi connectivity index (χ0n) is 8.47. The van der Waals surface area contributed by atoms with Crippen LogP contribution in [0.15, 0.2) is 0 Å². The van der Waals surface area contributed by atoms with Crippen LogP contribution in [0.4, 0.5) is 0 Å². The molecule has 0 aromatic heterocycles. The lowest BCUT2D eigenvalue weighted by Crippen LogP contribution is -2.29. The molecule has 2 heterocycles. The molecule has 0 aromatic rings. The van der Waals surface area contributed by atoms with Crippen LogP contribution in [0.5, 0.6) is 0 Å². The SMILES string of the molecule is CC1(SC2(C)CCCO2)CCCO1. The Balaban J connectivity index is 1.95. The van der Waals surface area contributed by atoms with E-state index in [9.17, 15) is 0 Å². The molecule has 2 saturated heterocycles. The average molecular weight is 202 g/mol. The summed E-state index contributed by atoms with van der Waals surface area (Å²) in [4.78, 5) is 0.0260. The molecule has 2 atom stereocenters. The van der Waals surface area contributed by atoms with Gasteiger partial charge in [-0.3, -0.25) is 0 Å². The van der Waals surface area contributed by atoms with Crippen LogP contribution < -0.4 is 0 Å². The summed E-state index contributed by atoms with van der Waals surface area (Å²) >= 11 is 1.87. The highest BCUT2D eigenvalue weighted by molar-refractivity contribution is 8.01. The molecule has 2 aliphatic rings. The van der Waals surface area contributed by atoms with Gasteiger partial charge in [0.1, 0.15) is 9.87 Å². The molecule has 0 aliphatic carbocycles. The van der Waals surface area contributed by atoms with Gasteiger partial charge in [-0.1, -0.05) is 11.8 Å². The molecule has 2 fully saturated rings. The molecule has 13 heavy (non-hydrogen) atoms. The molecule has 2 aliphatic heterocycles. The summed E-state index contributed by atoms with van der Waals surface area (Å²) in [6.45, 7) is 6.22. The summed E-state index contributed by atoms with van der Waals surface area (Å²) in [6.07, 6.45) is 4.71. The van der Waals surface area contributed by atoms with Crippen molar-refractivity contribution in [1.82, 2.24) is 0 Å². The first-order valence-corrected chi connectivity index (χ1v) is 5.92. The Bertz CT molecular complexity index is 161. The largest absolute Gasteiger partial charge is 0.365 e.